The number of carbonyl (C=O) groups excluding carboxylic acids is 2. The Bertz CT molecular complexity index is 753. The summed E-state index contributed by atoms with van der Waals surface area (Å²) < 4.78 is 18.7. The van der Waals surface area contributed by atoms with E-state index in [2.05, 4.69) is 5.32 Å². The van der Waals surface area contributed by atoms with Crippen LogP contribution in [-0.2, 0) is 4.79 Å². The number of piperidine rings is 1. The Kier molecular flexibility index (Phi) is 6.11. The molecule has 1 aromatic carbocycles. The number of urea groups is 1. The van der Waals surface area contributed by atoms with E-state index in [-0.39, 0.29) is 29.6 Å². The molecule has 1 aromatic heterocycles. The van der Waals surface area contributed by atoms with Gasteiger partial charge in [0.05, 0.1) is 6.26 Å². The first-order valence-electron chi connectivity index (χ1n) is 9.15. The van der Waals surface area contributed by atoms with Gasteiger partial charge in [-0.15, -0.1) is 0 Å². The number of primary amides is 1. The standard InChI is InChI=1S/C20H24FN3O3/c21-16-5-3-14(4-6-16)17(18-2-1-13-27-18)7-10-23-20(26)24-11-8-15(9-12-24)19(22)25/h1-6,13,15,17H,7-12H2,(H2,22,25)(H,23,26). The molecule has 3 amide bonds. The van der Waals surface area contributed by atoms with Crippen LogP contribution in [0.15, 0.2) is 47.1 Å². The van der Waals surface area contributed by atoms with Gasteiger partial charge in [-0.2, -0.15) is 0 Å². The second-order valence-corrected chi connectivity index (χ2v) is 6.80. The van der Waals surface area contributed by atoms with Crippen molar-refractivity contribution in [1.29, 1.82) is 0 Å². The van der Waals surface area contributed by atoms with Crippen molar-refractivity contribution in [2.24, 2.45) is 11.7 Å². The van der Waals surface area contributed by atoms with E-state index >= 15 is 0 Å². The topological polar surface area (TPSA) is 88.6 Å². The number of amides is 3. The molecule has 1 unspecified atom stereocenters. The fourth-order valence-corrected chi connectivity index (χ4v) is 3.46. The summed E-state index contributed by atoms with van der Waals surface area (Å²) in [5, 5.41) is 2.93. The molecule has 1 aliphatic heterocycles. The van der Waals surface area contributed by atoms with Crippen molar-refractivity contribution in [3.63, 3.8) is 0 Å². The second kappa shape index (κ2) is 8.70. The van der Waals surface area contributed by atoms with E-state index in [1.165, 1.54) is 12.1 Å². The number of likely N-dealkylation sites (tertiary alicyclic amines) is 1. The van der Waals surface area contributed by atoms with E-state index in [1.807, 2.05) is 12.1 Å². The summed E-state index contributed by atoms with van der Waals surface area (Å²) in [6, 6.07) is 9.87. The van der Waals surface area contributed by atoms with Crippen LogP contribution in [0.2, 0.25) is 0 Å². The zero-order valence-corrected chi connectivity index (χ0v) is 15.1. The van der Waals surface area contributed by atoms with Crippen molar-refractivity contribution in [3.8, 4) is 0 Å². The molecule has 3 rings (SSSR count). The highest BCUT2D eigenvalue weighted by molar-refractivity contribution is 5.78. The van der Waals surface area contributed by atoms with Crippen LogP contribution >= 0.6 is 0 Å². The Balaban J connectivity index is 1.54. The fourth-order valence-electron chi connectivity index (χ4n) is 3.46. The third-order valence-corrected chi connectivity index (χ3v) is 5.05. The van der Waals surface area contributed by atoms with E-state index in [0.717, 1.165) is 11.3 Å². The highest BCUT2D eigenvalue weighted by atomic mass is 19.1. The molecule has 0 aliphatic carbocycles. The third kappa shape index (κ3) is 4.87. The van der Waals surface area contributed by atoms with Crippen LogP contribution in [0.4, 0.5) is 9.18 Å². The number of nitrogens with two attached hydrogens (primary N) is 1. The SMILES string of the molecule is NC(=O)C1CCN(C(=O)NCCC(c2ccc(F)cc2)c2ccco2)CC1. The average Bonchev–Trinajstić information content (AvgIpc) is 3.20. The van der Waals surface area contributed by atoms with Gasteiger partial charge in [0.2, 0.25) is 5.91 Å². The number of hydrogen-bond acceptors (Lipinski definition) is 3. The molecule has 0 spiro atoms. The molecular weight excluding hydrogens is 349 g/mol. The summed E-state index contributed by atoms with van der Waals surface area (Å²) in [6.07, 6.45) is 3.44. The van der Waals surface area contributed by atoms with Gasteiger partial charge >= 0.3 is 6.03 Å². The van der Waals surface area contributed by atoms with Crippen molar-refractivity contribution in [3.05, 3.63) is 59.8 Å². The van der Waals surface area contributed by atoms with E-state index in [0.29, 0.717) is 38.9 Å². The summed E-state index contributed by atoms with van der Waals surface area (Å²) in [5.74, 6) is -0.0178. The van der Waals surface area contributed by atoms with Crippen molar-refractivity contribution in [1.82, 2.24) is 10.2 Å². The number of carbonyl (C=O) groups is 2. The normalized spacial score (nSPS) is 16.1. The van der Waals surface area contributed by atoms with Crippen LogP contribution in [0.5, 0.6) is 0 Å². The van der Waals surface area contributed by atoms with Crippen LogP contribution in [0, 0.1) is 11.7 Å². The van der Waals surface area contributed by atoms with E-state index in [9.17, 15) is 14.0 Å². The van der Waals surface area contributed by atoms with Gasteiger partial charge in [0, 0.05) is 31.5 Å². The number of rotatable bonds is 6. The molecule has 3 N–H and O–H groups in total. The van der Waals surface area contributed by atoms with Crippen LogP contribution in [-0.4, -0.2) is 36.5 Å². The van der Waals surface area contributed by atoms with Gasteiger partial charge in [0.15, 0.2) is 0 Å². The Morgan fingerprint density at radius 2 is 1.93 bits per heavy atom. The van der Waals surface area contributed by atoms with Crippen molar-refractivity contribution in [2.45, 2.75) is 25.2 Å². The molecule has 144 valence electrons. The quantitative estimate of drug-likeness (QED) is 0.816. The van der Waals surface area contributed by atoms with E-state index in [4.69, 9.17) is 10.2 Å². The Morgan fingerprint density at radius 1 is 1.22 bits per heavy atom. The Hall–Kier alpha value is -2.83. The first-order valence-corrected chi connectivity index (χ1v) is 9.15. The molecule has 27 heavy (non-hydrogen) atoms. The summed E-state index contributed by atoms with van der Waals surface area (Å²) in [5.41, 5.74) is 6.26. The van der Waals surface area contributed by atoms with Gasteiger partial charge < -0.3 is 20.4 Å². The maximum atomic E-state index is 13.2. The molecule has 6 nitrogen and oxygen atoms in total. The van der Waals surface area contributed by atoms with E-state index < -0.39 is 0 Å². The van der Waals surface area contributed by atoms with Crippen LogP contribution < -0.4 is 11.1 Å². The molecule has 2 heterocycles. The zero-order valence-electron chi connectivity index (χ0n) is 15.1. The molecule has 2 aromatic rings. The average molecular weight is 373 g/mol. The minimum Gasteiger partial charge on any atom is -0.469 e. The zero-order chi connectivity index (χ0) is 19.2. The van der Waals surface area contributed by atoms with Gasteiger partial charge in [0.25, 0.3) is 0 Å². The number of nitrogens with zero attached hydrogens (tertiary/aromatic N) is 1. The second-order valence-electron chi connectivity index (χ2n) is 6.80. The number of halogens is 1. The molecule has 1 fully saturated rings. The first-order chi connectivity index (χ1) is 13.0. The number of benzene rings is 1. The number of hydrogen-bond donors (Lipinski definition) is 2. The van der Waals surface area contributed by atoms with E-state index in [1.54, 1.807) is 23.3 Å². The molecule has 0 radical (unpaired) electrons. The maximum Gasteiger partial charge on any atom is 0.317 e. The molecule has 7 heteroatoms. The summed E-state index contributed by atoms with van der Waals surface area (Å²) >= 11 is 0. The molecule has 1 atom stereocenters. The van der Waals surface area contributed by atoms with Crippen LogP contribution in [0.25, 0.3) is 0 Å². The Morgan fingerprint density at radius 3 is 2.52 bits per heavy atom. The lowest BCUT2D eigenvalue weighted by Gasteiger charge is -2.30. The Labute approximate surface area is 157 Å². The lowest BCUT2D eigenvalue weighted by molar-refractivity contribution is -0.123. The molecule has 1 saturated heterocycles. The first kappa shape index (κ1) is 18.9. The lowest BCUT2D eigenvalue weighted by atomic mass is 9.93. The fraction of sp³-hybridized carbons (Fsp3) is 0.400. The number of furan rings is 1. The smallest absolute Gasteiger partial charge is 0.317 e. The van der Waals surface area contributed by atoms with Gasteiger partial charge in [0.1, 0.15) is 11.6 Å². The summed E-state index contributed by atoms with van der Waals surface area (Å²) in [7, 11) is 0. The number of nitrogens with one attached hydrogen (secondary N) is 1. The largest absolute Gasteiger partial charge is 0.469 e. The molecule has 1 aliphatic rings. The monoisotopic (exact) mass is 373 g/mol. The van der Waals surface area contributed by atoms with Crippen molar-refractivity contribution >= 4 is 11.9 Å². The van der Waals surface area contributed by atoms with Crippen LogP contribution in [0.3, 0.4) is 0 Å². The summed E-state index contributed by atoms with van der Waals surface area (Å²) in [4.78, 5) is 25.3. The van der Waals surface area contributed by atoms with Gasteiger partial charge in [-0.25, -0.2) is 9.18 Å². The minimum absolute atomic E-state index is 0.0681. The van der Waals surface area contributed by atoms with Crippen molar-refractivity contribution < 1.29 is 18.4 Å². The molecular formula is C20H24FN3O3. The third-order valence-electron chi connectivity index (χ3n) is 5.05. The predicted molar refractivity (Wildman–Crippen MR) is 98.5 cm³/mol. The molecule has 0 saturated carbocycles. The van der Waals surface area contributed by atoms with Gasteiger partial charge in [-0.1, -0.05) is 12.1 Å². The van der Waals surface area contributed by atoms with Crippen LogP contribution in [0.1, 0.15) is 36.5 Å². The highest BCUT2D eigenvalue weighted by Crippen LogP contribution is 2.28. The maximum absolute atomic E-state index is 13.2. The van der Waals surface area contributed by atoms with Gasteiger partial charge in [-0.3, -0.25) is 4.79 Å². The minimum atomic E-state index is -0.296. The predicted octanol–water partition coefficient (Wildman–Crippen LogP) is 2.85. The molecule has 0 bridgehead atoms. The highest BCUT2D eigenvalue weighted by Gasteiger charge is 2.26. The summed E-state index contributed by atoms with van der Waals surface area (Å²) in [6.45, 7) is 1.51. The lowest BCUT2D eigenvalue weighted by Crippen LogP contribution is -2.46. The van der Waals surface area contributed by atoms with Gasteiger partial charge in [-0.05, 0) is 49.1 Å². The van der Waals surface area contributed by atoms with Crippen molar-refractivity contribution in [2.75, 3.05) is 19.6 Å².